The molecule has 4 rings (SSSR count). The Morgan fingerprint density at radius 1 is 1.08 bits per heavy atom. The van der Waals surface area contributed by atoms with Crippen LogP contribution in [-0.2, 0) is 0 Å². The maximum atomic E-state index is 4.91. The topological polar surface area (TPSA) is 28.5 Å². The van der Waals surface area contributed by atoms with Gasteiger partial charge in [-0.15, -0.1) is 11.3 Å². The van der Waals surface area contributed by atoms with Gasteiger partial charge in [0.05, 0.1) is 17.4 Å². The van der Waals surface area contributed by atoms with Gasteiger partial charge >= 0.3 is 0 Å². The third-order valence-corrected chi connectivity index (χ3v) is 5.55. The molecule has 0 N–H and O–H groups in total. The quantitative estimate of drug-likeness (QED) is 0.577. The Kier molecular flexibility index (Phi) is 4.21. The molecule has 1 aromatic heterocycles. The van der Waals surface area contributed by atoms with Crippen molar-refractivity contribution >= 4 is 38.1 Å². The maximum Gasteiger partial charge on any atom is 0.206 e. The van der Waals surface area contributed by atoms with Gasteiger partial charge in [0.2, 0.25) is 5.13 Å². The Bertz CT molecular complexity index is 871. The highest BCUT2D eigenvalue weighted by Crippen LogP contribution is 2.38. The molecule has 0 saturated carbocycles. The van der Waals surface area contributed by atoms with Crippen molar-refractivity contribution in [1.29, 1.82) is 0 Å². The fourth-order valence-corrected chi connectivity index (χ4v) is 3.95. The summed E-state index contributed by atoms with van der Waals surface area (Å²) in [4.78, 5) is 4.64. The lowest BCUT2D eigenvalue weighted by atomic mass is 9.99. The Morgan fingerprint density at radius 3 is 2.50 bits per heavy atom. The van der Waals surface area contributed by atoms with Crippen molar-refractivity contribution in [2.45, 2.75) is 19.4 Å². The largest absolute Gasteiger partial charge is 0.231 e. The number of hydrogen-bond acceptors (Lipinski definition) is 4. The highest BCUT2D eigenvalue weighted by Gasteiger charge is 2.31. The molecule has 5 heteroatoms. The van der Waals surface area contributed by atoms with Crippen LogP contribution in [-0.4, -0.2) is 10.7 Å². The van der Waals surface area contributed by atoms with Crippen molar-refractivity contribution in [2.75, 3.05) is 5.01 Å². The maximum absolute atomic E-state index is 4.91. The predicted molar refractivity (Wildman–Crippen MR) is 104 cm³/mol. The first-order chi connectivity index (χ1) is 11.7. The molecule has 1 unspecified atom stereocenters. The molecule has 0 radical (unpaired) electrons. The van der Waals surface area contributed by atoms with Gasteiger partial charge in [0.15, 0.2) is 0 Å². The summed E-state index contributed by atoms with van der Waals surface area (Å²) in [5, 5.41) is 10.0. The van der Waals surface area contributed by atoms with E-state index in [2.05, 4.69) is 79.8 Å². The zero-order valence-electron chi connectivity index (χ0n) is 13.2. The minimum Gasteiger partial charge on any atom is -0.231 e. The van der Waals surface area contributed by atoms with Gasteiger partial charge in [-0.2, -0.15) is 5.10 Å². The lowest BCUT2D eigenvalue weighted by molar-refractivity contribution is 0.705. The summed E-state index contributed by atoms with van der Waals surface area (Å²) in [6.45, 7) is 2.02. The molecule has 0 aliphatic carbocycles. The Morgan fingerprint density at radius 2 is 1.83 bits per heavy atom. The normalized spacial score (nSPS) is 17.2. The van der Waals surface area contributed by atoms with Crippen LogP contribution < -0.4 is 5.01 Å². The first-order valence-electron chi connectivity index (χ1n) is 7.80. The van der Waals surface area contributed by atoms with Crippen LogP contribution in [0.2, 0.25) is 0 Å². The van der Waals surface area contributed by atoms with E-state index in [0.29, 0.717) is 0 Å². The minimum atomic E-state index is 0.190. The molecule has 24 heavy (non-hydrogen) atoms. The fourth-order valence-electron chi connectivity index (χ4n) is 2.89. The number of aryl methyl sites for hydroxylation is 1. The van der Waals surface area contributed by atoms with Gasteiger partial charge < -0.3 is 0 Å². The predicted octanol–water partition coefficient (Wildman–Crippen LogP) is 5.57. The zero-order valence-corrected chi connectivity index (χ0v) is 15.6. The molecule has 1 aliphatic heterocycles. The van der Waals surface area contributed by atoms with Crippen LogP contribution in [0.1, 0.15) is 29.3 Å². The minimum absolute atomic E-state index is 0.190. The number of hydrazone groups is 1. The smallest absolute Gasteiger partial charge is 0.206 e. The number of aromatic nitrogens is 1. The van der Waals surface area contributed by atoms with Gasteiger partial charge in [-0.1, -0.05) is 58.4 Å². The van der Waals surface area contributed by atoms with Crippen LogP contribution in [0.15, 0.2) is 69.6 Å². The highest BCUT2D eigenvalue weighted by atomic mass is 79.9. The van der Waals surface area contributed by atoms with E-state index in [9.17, 15) is 0 Å². The molecule has 0 saturated heterocycles. The molecule has 0 spiro atoms. The van der Waals surface area contributed by atoms with Crippen molar-refractivity contribution in [1.82, 2.24) is 4.98 Å². The van der Waals surface area contributed by atoms with Crippen LogP contribution in [0, 0.1) is 6.92 Å². The molecular weight excluding hydrogens is 382 g/mol. The van der Waals surface area contributed by atoms with Crippen LogP contribution in [0.25, 0.3) is 0 Å². The molecule has 0 amide bonds. The van der Waals surface area contributed by atoms with Gasteiger partial charge in [0.1, 0.15) is 0 Å². The second-order valence-corrected chi connectivity index (χ2v) is 7.55. The number of hydrogen-bond donors (Lipinski definition) is 0. The van der Waals surface area contributed by atoms with E-state index in [1.807, 2.05) is 13.0 Å². The van der Waals surface area contributed by atoms with Crippen LogP contribution in [0.5, 0.6) is 0 Å². The summed E-state index contributed by atoms with van der Waals surface area (Å²) in [6.07, 6.45) is 0.879. The van der Waals surface area contributed by atoms with Gasteiger partial charge in [0, 0.05) is 16.3 Å². The molecule has 2 aromatic carbocycles. The number of halogens is 1. The number of rotatable bonds is 3. The van der Waals surface area contributed by atoms with Crippen LogP contribution in [0.4, 0.5) is 5.13 Å². The second-order valence-electron chi connectivity index (χ2n) is 5.80. The van der Waals surface area contributed by atoms with E-state index >= 15 is 0 Å². The lowest BCUT2D eigenvalue weighted by Gasteiger charge is -2.21. The van der Waals surface area contributed by atoms with E-state index in [0.717, 1.165) is 33.0 Å². The monoisotopic (exact) mass is 397 g/mol. The fraction of sp³-hybridized carbons (Fsp3) is 0.158. The van der Waals surface area contributed by atoms with Gasteiger partial charge in [-0.3, -0.25) is 0 Å². The first-order valence-corrected chi connectivity index (χ1v) is 9.48. The molecule has 1 aliphatic rings. The molecule has 3 nitrogen and oxygen atoms in total. The van der Waals surface area contributed by atoms with Crippen molar-refractivity contribution in [2.24, 2.45) is 5.10 Å². The standard InChI is InChI=1S/C19H16BrN3S/c1-13-12-24-19(21-13)23-18(15-5-3-2-4-6-15)11-17(22-23)14-7-9-16(20)10-8-14/h2-10,12,18H,11H2,1H3. The number of thiazole rings is 1. The third kappa shape index (κ3) is 3.01. The number of nitrogens with zero attached hydrogens (tertiary/aromatic N) is 3. The summed E-state index contributed by atoms with van der Waals surface area (Å²) in [6, 6.07) is 19.1. The number of anilines is 1. The van der Waals surface area contributed by atoms with E-state index in [4.69, 9.17) is 5.10 Å². The number of benzene rings is 2. The van der Waals surface area contributed by atoms with E-state index < -0.39 is 0 Å². The van der Waals surface area contributed by atoms with Crippen molar-refractivity contribution in [3.63, 3.8) is 0 Å². The van der Waals surface area contributed by atoms with Crippen molar-refractivity contribution in [3.8, 4) is 0 Å². The Hall–Kier alpha value is -1.98. The molecular formula is C19H16BrN3S. The zero-order chi connectivity index (χ0) is 16.5. The summed E-state index contributed by atoms with van der Waals surface area (Å²) >= 11 is 5.14. The molecule has 2 heterocycles. The summed E-state index contributed by atoms with van der Waals surface area (Å²) in [5.74, 6) is 0. The van der Waals surface area contributed by atoms with E-state index in [1.165, 1.54) is 5.56 Å². The third-order valence-electron chi connectivity index (χ3n) is 4.08. The average Bonchev–Trinajstić information content (AvgIpc) is 3.23. The van der Waals surface area contributed by atoms with Gasteiger partial charge in [-0.25, -0.2) is 9.99 Å². The molecule has 0 bridgehead atoms. The summed E-state index contributed by atoms with van der Waals surface area (Å²) < 4.78 is 1.08. The van der Waals surface area contributed by atoms with Gasteiger partial charge in [0.25, 0.3) is 0 Å². The average molecular weight is 398 g/mol. The summed E-state index contributed by atoms with van der Waals surface area (Å²) in [5.41, 5.74) is 4.56. The Balaban J connectivity index is 1.74. The van der Waals surface area contributed by atoms with Gasteiger partial charge in [-0.05, 0) is 30.2 Å². The van der Waals surface area contributed by atoms with E-state index in [1.54, 1.807) is 11.3 Å². The Labute approximate surface area is 153 Å². The second kappa shape index (κ2) is 6.49. The highest BCUT2D eigenvalue weighted by molar-refractivity contribution is 9.10. The molecule has 0 fully saturated rings. The summed E-state index contributed by atoms with van der Waals surface area (Å²) in [7, 11) is 0. The molecule has 3 aromatic rings. The van der Waals surface area contributed by atoms with Crippen molar-refractivity contribution < 1.29 is 0 Å². The lowest BCUT2D eigenvalue weighted by Crippen LogP contribution is -2.18. The van der Waals surface area contributed by atoms with E-state index in [-0.39, 0.29) is 6.04 Å². The van der Waals surface area contributed by atoms with Crippen LogP contribution in [0.3, 0.4) is 0 Å². The molecule has 120 valence electrons. The van der Waals surface area contributed by atoms with Crippen LogP contribution >= 0.6 is 27.3 Å². The first kappa shape index (κ1) is 15.5. The van der Waals surface area contributed by atoms with Crippen molar-refractivity contribution in [3.05, 3.63) is 81.3 Å². The SMILES string of the molecule is Cc1csc(N2N=C(c3ccc(Br)cc3)CC2c2ccccc2)n1. The molecule has 1 atom stereocenters.